The number of hydrogen-bond acceptors (Lipinski definition) is 4. The van der Waals surface area contributed by atoms with Gasteiger partial charge in [-0.25, -0.2) is 4.39 Å². The first kappa shape index (κ1) is 29.6. The van der Waals surface area contributed by atoms with Crippen LogP contribution in [0.15, 0.2) is 78.6 Å². The lowest BCUT2D eigenvalue weighted by Crippen LogP contribution is -2.58. The van der Waals surface area contributed by atoms with Gasteiger partial charge in [-0.2, -0.15) is 0 Å². The molecule has 2 saturated carbocycles. The number of halogens is 1. The van der Waals surface area contributed by atoms with Gasteiger partial charge in [0.2, 0.25) is 5.91 Å². The number of likely N-dealkylation sites (tertiary alicyclic amines) is 1. The van der Waals surface area contributed by atoms with Crippen LogP contribution in [0.5, 0.6) is 0 Å². The molecule has 0 bridgehead atoms. The van der Waals surface area contributed by atoms with Crippen molar-refractivity contribution in [2.24, 2.45) is 11.3 Å². The fraction of sp³-hybridized carbons (Fsp3) is 0.395. The Morgan fingerprint density at radius 1 is 0.978 bits per heavy atom. The van der Waals surface area contributed by atoms with Gasteiger partial charge in [0.05, 0.1) is 11.6 Å². The number of rotatable bonds is 7. The summed E-state index contributed by atoms with van der Waals surface area (Å²) in [6.45, 7) is 5.59. The molecule has 0 unspecified atom stereocenters. The first-order valence-corrected chi connectivity index (χ1v) is 16.3. The number of pyridine rings is 1. The molecule has 1 saturated heterocycles. The molecule has 6 nitrogen and oxygen atoms in total. The minimum atomic E-state index is -0.229. The fourth-order valence-electron chi connectivity index (χ4n) is 7.63. The van der Waals surface area contributed by atoms with E-state index in [1.165, 1.54) is 23.3 Å². The van der Waals surface area contributed by atoms with Crippen LogP contribution in [0.3, 0.4) is 0 Å². The summed E-state index contributed by atoms with van der Waals surface area (Å²) in [6, 6.07) is 16.9. The van der Waals surface area contributed by atoms with Gasteiger partial charge in [-0.15, -0.1) is 0 Å². The molecule has 2 amide bonds. The lowest BCUT2D eigenvalue weighted by Gasteiger charge is -2.56. The van der Waals surface area contributed by atoms with E-state index in [2.05, 4.69) is 52.6 Å². The van der Waals surface area contributed by atoms with Crippen LogP contribution in [-0.2, 0) is 4.79 Å². The van der Waals surface area contributed by atoms with E-state index >= 15 is 0 Å². The van der Waals surface area contributed by atoms with Crippen molar-refractivity contribution in [2.75, 3.05) is 33.2 Å². The second-order valence-electron chi connectivity index (χ2n) is 13.7. The van der Waals surface area contributed by atoms with Gasteiger partial charge >= 0.3 is 0 Å². The third-order valence-corrected chi connectivity index (χ3v) is 10.3. The van der Waals surface area contributed by atoms with Gasteiger partial charge < -0.3 is 15.1 Å². The Morgan fingerprint density at radius 3 is 2.27 bits per heavy atom. The van der Waals surface area contributed by atoms with Crippen molar-refractivity contribution in [1.29, 1.82) is 0 Å². The molecule has 2 aliphatic heterocycles. The Kier molecular flexibility index (Phi) is 7.90. The molecule has 3 aromatic rings. The Morgan fingerprint density at radius 2 is 1.67 bits per heavy atom. The molecule has 1 aromatic heterocycles. The molecule has 1 spiro atoms. The molecule has 232 valence electrons. The van der Waals surface area contributed by atoms with Crippen molar-refractivity contribution >= 4 is 23.0 Å². The average Bonchev–Trinajstić information content (AvgIpc) is 2.99. The Hall–Kier alpha value is -4.10. The van der Waals surface area contributed by atoms with E-state index in [1.54, 1.807) is 12.4 Å². The number of hydrogen-bond donors (Lipinski definition) is 1. The van der Waals surface area contributed by atoms with Crippen molar-refractivity contribution in [1.82, 2.24) is 20.1 Å². The van der Waals surface area contributed by atoms with Crippen LogP contribution in [0, 0.1) is 17.2 Å². The first-order chi connectivity index (χ1) is 21.8. The molecule has 1 atom stereocenters. The van der Waals surface area contributed by atoms with E-state index in [0.717, 1.165) is 79.4 Å². The average molecular weight is 605 g/mol. The number of amides is 2. The highest BCUT2D eigenvalue weighted by Crippen LogP contribution is 2.54. The molecule has 45 heavy (non-hydrogen) atoms. The quantitative estimate of drug-likeness (QED) is 0.328. The van der Waals surface area contributed by atoms with Gasteiger partial charge in [0.25, 0.3) is 5.91 Å². The molecule has 4 aliphatic rings. The van der Waals surface area contributed by atoms with Gasteiger partial charge in [0.1, 0.15) is 5.82 Å². The number of benzene rings is 2. The number of nitrogens with zero attached hydrogens (tertiary/aromatic N) is 3. The number of allylic oxidation sites excluding steroid dienone is 1. The zero-order chi connectivity index (χ0) is 31.1. The van der Waals surface area contributed by atoms with Crippen LogP contribution in [0.4, 0.5) is 4.39 Å². The summed E-state index contributed by atoms with van der Waals surface area (Å²) >= 11 is 0. The van der Waals surface area contributed by atoms with Crippen molar-refractivity contribution in [3.05, 3.63) is 112 Å². The predicted octanol–water partition coefficient (Wildman–Crippen LogP) is 6.66. The van der Waals surface area contributed by atoms with Crippen molar-refractivity contribution in [3.63, 3.8) is 0 Å². The highest BCUT2D eigenvalue weighted by Gasteiger charge is 2.49. The zero-order valence-corrected chi connectivity index (χ0v) is 26.2. The van der Waals surface area contributed by atoms with Crippen LogP contribution >= 0.6 is 0 Å². The van der Waals surface area contributed by atoms with E-state index in [0.29, 0.717) is 24.1 Å². The van der Waals surface area contributed by atoms with Crippen LogP contribution < -0.4 is 5.32 Å². The molecular weight excluding hydrogens is 563 g/mol. The van der Waals surface area contributed by atoms with Gasteiger partial charge in [0.15, 0.2) is 0 Å². The summed E-state index contributed by atoms with van der Waals surface area (Å²) in [5.41, 5.74) is 8.80. The normalized spacial score (nSPS) is 20.0. The molecular formula is C38H41FN4O2. The number of carbonyl (C=O) groups is 2. The maximum Gasteiger partial charge on any atom is 0.253 e. The second-order valence-corrected chi connectivity index (χ2v) is 13.7. The van der Waals surface area contributed by atoms with Crippen LogP contribution in [-0.4, -0.2) is 59.8 Å². The van der Waals surface area contributed by atoms with E-state index in [-0.39, 0.29) is 29.6 Å². The molecule has 3 fully saturated rings. The Labute approximate surface area is 265 Å². The number of nitrogens with one attached hydrogen (secondary N) is 1. The molecule has 7 rings (SSSR count). The third-order valence-electron chi connectivity index (χ3n) is 10.3. The van der Waals surface area contributed by atoms with Crippen molar-refractivity contribution < 1.29 is 14.0 Å². The van der Waals surface area contributed by atoms with Gasteiger partial charge in [0, 0.05) is 49.9 Å². The first-order valence-electron chi connectivity index (χ1n) is 16.3. The van der Waals surface area contributed by atoms with E-state index < -0.39 is 0 Å². The van der Waals surface area contributed by atoms with E-state index in [4.69, 9.17) is 0 Å². The highest BCUT2D eigenvalue weighted by molar-refractivity contribution is 5.95. The summed E-state index contributed by atoms with van der Waals surface area (Å²) in [6.07, 6.45) is 11.6. The highest BCUT2D eigenvalue weighted by atomic mass is 19.1. The maximum atomic E-state index is 13.8. The van der Waals surface area contributed by atoms with Crippen molar-refractivity contribution in [2.45, 2.75) is 51.5 Å². The third kappa shape index (κ3) is 5.98. The lowest BCUT2D eigenvalue weighted by atomic mass is 9.59. The SMILES string of the molecule is C[C@@H](NC(=O)c1cncc(C2=CCN(C(=O)C3CCC3)CC2)c1)c1ccc(C(=C2CC3(C2)CN(C)C3)c2ccc(F)cc2)cc1. The Balaban J connectivity index is 1.02. The van der Waals surface area contributed by atoms with E-state index in [9.17, 15) is 14.0 Å². The number of aromatic nitrogens is 1. The van der Waals surface area contributed by atoms with Crippen molar-refractivity contribution in [3.8, 4) is 0 Å². The summed E-state index contributed by atoms with van der Waals surface area (Å²) in [4.78, 5) is 34.6. The van der Waals surface area contributed by atoms with Gasteiger partial charge in [-0.05, 0) is 97.7 Å². The van der Waals surface area contributed by atoms with Crippen LogP contribution in [0.2, 0.25) is 0 Å². The fourth-order valence-corrected chi connectivity index (χ4v) is 7.63. The summed E-state index contributed by atoms with van der Waals surface area (Å²) < 4.78 is 13.8. The second kappa shape index (κ2) is 12.0. The molecule has 7 heteroatoms. The van der Waals surface area contributed by atoms with Gasteiger partial charge in [-0.3, -0.25) is 14.6 Å². The topological polar surface area (TPSA) is 65.5 Å². The lowest BCUT2D eigenvalue weighted by molar-refractivity contribution is -0.137. The molecule has 2 aliphatic carbocycles. The molecule has 2 aromatic carbocycles. The van der Waals surface area contributed by atoms with E-state index in [1.807, 2.05) is 30.0 Å². The smallest absolute Gasteiger partial charge is 0.253 e. The maximum absolute atomic E-state index is 13.8. The molecule has 1 N–H and O–H groups in total. The van der Waals surface area contributed by atoms with Gasteiger partial charge in [-0.1, -0.05) is 54.5 Å². The number of carbonyl (C=O) groups excluding carboxylic acids is 2. The van der Waals surface area contributed by atoms with Crippen LogP contribution in [0.25, 0.3) is 11.1 Å². The zero-order valence-electron chi connectivity index (χ0n) is 26.2. The minimum Gasteiger partial charge on any atom is -0.345 e. The summed E-state index contributed by atoms with van der Waals surface area (Å²) in [5, 5.41) is 3.14. The standard InChI is InChI=1S/C38H41FN4O2/c1-25(41-36(44)32-18-31(21-40-22-32)27-14-16-43(17-15-27)37(45)30-4-3-5-30)26-6-8-28(9-7-26)35(29-10-12-34(39)13-11-29)33-19-38(20-33)23-42(2)24-38/h6-14,18,21-22,25,30H,3-5,15-17,19-20,23-24H2,1-2H3,(H,41,44)/t25-/m1/s1. The summed E-state index contributed by atoms with van der Waals surface area (Å²) in [7, 11) is 2.17. The monoisotopic (exact) mass is 604 g/mol. The Bertz CT molecular complexity index is 1660. The molecule has 3 heterocycles. The largest absolute Gasteiger partial charge is 0.345 e. The van der Waals surface area contributed by atoms with Crippen LogP contribution in [0.1, 0.15) is 84.1 Å². The predicted molar refractivity (Wildman–Crippen MR) is 175 cm³/mol. The molecule has 0 radical (unpaired) electrons. The summed E-state index contributed by atoms with van der Waals surface area (Å²) in [5.74, 6) is 0.0995. The minimum absolute atomic E-state index is 0.168.